The first kappa shape index (κ1) is 25.3. The Kier molecular flexibility index (Phi) is 7.05. The van der Waals surface area contributed by atoms with E-state index >= 15 is 0 Å². The molecule has 1 aromatic heterocycles. The van der Waals surface area contributed by atoms with E-state index in [-0.39, 0.29) is 31.5 Å². The van der Waals surface area contributed by atoms with Crippen LogP contribution in [0.3, 0.4) is 0 Å². The number of piperidine rings is 1. The lowest BCUT2D eigenvalue weighted by Gasteiger charge is -2.34. The van der Waals surface area contributed by atoms with Crippen molar-refractivity contribution in [3.05, 3.63) is 65.4 Å². The van der Waals surface area contributed by atoms with Crippen molar-refractivity contribution >= 4 is 28.5 Å². The highest BCUT2D eigenvalue weighted by Crippen LogP contribution is 2.38. The number of anilines is 1. The van der Waals surface area contributed by atoms with Gasteiger partial charge in [0.2, 0.25) is 0 Å². The number of methoxy groups -OCH3 is 1. The minimum atomic E-state index is -4.20. The van der Waals surface area contributed by atoms with Crippen LogP contribution in [0.25, 0.3) is 10.9 Å². The van der Waals surface area contributed by atoms with Gasteiger partial charge in [0, 0.05) is 30.7 Å². The van der Waals surface area contributed by atoms with Crippen LogP contribution >= 0.6 is 0 Å². The average molecular weight is 502 g/mol. The molecular formula is C26H26F3N3O4. The van der Waals surface area contributed by atoms with Gasteiger partial charge in [0.15, 0.2) is 0 Å². The number of carbonyl (C=O) groups is 2. The summed E-state index contributed by atoms with van der Waals surface area (Å²) in [6, 6.07) is 11.0. The highest BCUT2D eigenvalue weighted by Gasteiger charge is 2.41. The fourth-order valence-corrected chi connectivity index (χ4v) is 4.44. The number of nitrogens with one attached hydrogen (secondary N) is 1. The average Bonchev–Trinajstić information content (AvgIpc) is 2.87. The summed E-state index contributed by atoms with van der Waals surface area (Å²) < 4.78 is 44.7. The number of nitrogens with zero attached hydrogens (tertiary/aromatic N) is 2. The number of ether oxygens (including phenoxy) is 1. The van der Waals surface area contributed by atoms with Crippen molar-refractivity contribution in [2.45, 2.75) is 32.0 Å². The maximum absolute atomic E-state index is 13.1. The number of rotatable bonds is 6. The van der Waals surface area contributed by atoms with Crippen LogP contribution in [0.1, 0.15) is 52.1 Å². The molecule has 3 aromatic rings. The van der Waals surface area contributed by atoms with E-state index in [1.54, 1.807) is 37.3 Å². The Balaban J connectivity index is 1.57. The van der Waals surface area contributed by atoms with Gasteiger partial charge in [-0.1, -0.05) is 12.1 Å². The van der Waals surface area contributed by atoms with Gasteiger partial charge < -0.3 is 20.1 Å². The molecule has 7 nitrogen and oxygen atoms in total. The van der Waals surface area contributed by atoms with Gasteiger partial charge in [-0.2, -0.15) is 13.2 Å². The van der Waals surface area contributed by atoms with Gasteiger partial charge >= 0.3 is 12.1 Å². The number of halogens is 3. The normalized spacial score (nSPS) is 15.5. The molecule has 36 heavy (non-hydrogen) atoms. The number of benzene rings is 2. The number of hydrogen-bond acceptors (Lipinski definition) is 5. The van der Waals surface area contributed by atoms with Crippen LogP contribution in [-0.2, 0) is 0 Å². The van der Waals surface area contributed by atoms with Gasteiger partial charge in [0.25, 0.3) is 5.91 Å². The van der Waals surface area contributed by atoms with Gasteiger partial charge in [-0.05, 0) is 49.6 Å². The van der Waals surface area contributed by atoms with Crippen LogP contribution in [-0.4, -0.2) is 48.3 Å². The van der Waals surface area contributed by atoms with Crippen molar-refractivity contribution in [1.29, 1.82) is 0 Å². The Labute approximate surface area is 205 Å². The summed E-state index contributed by atoms with van der Waals surface area (Å²) >= 11 is 0. The number of alkyl halides is 3. The quantitative estimate of drug-likeness (QED) is 0.482. The van der Waals surface area contributed by atoms with Gasteiger partial charge in [-0.25, -0.2) is 4.79 Å². The molecule has 190 valence electrons. The summed E-state index contributed by atoms with van der Waals surface area (Å²) in [6.07, 6.45) is -2.76. The number of carbonyl (C=O) groups excluding carboxylic acids is 1. The van der Waals surface area contributed by atoms with E-state index in [4.69, 9.17) is 4.74 Å². The summed E-state index contributed by atoms with van der Waals surface area (Å²) in [7, 11) is 1.50. The van der Waals surface area contributed by atoms with E-state index in [9.17, 15) is 27.9 Å². The second-order valence-corrected chi connectivity index (χ2v) is 8.87. The molecule has 1 saturated heterocycles. The van der Waals surface area contributed by atoms with Gasteiger partial charge in [-0.3, -0.25) is 9.78 Å². The highest BCUT2D eigenvalue weighted by molar-refractivity contribution is 6.00. The number of fused-ring (bicyclic) bond motifs is 1. The van der Waals surface area contributed by atoms with Gasteiger partial charge in [0.05, 0.1) is 41.4 Å². The fraction of sp³-hybridized carbons (Fsp3) is 0.346. The maximum Gasteiger partial charge on any atom is 0.391 e. The summed E-state index contributed by atoms with van der Waals surface area (Å²) in [5, 5.41) is 12.7. The molecule has 0 saturated carbocycles. The molecule has 0 radical (unpaired) electrons. The lowest BCUT2D eigenvalue weighted by atomic mass is 9.95. The first-order chi connectivity index (χ1) is 17.1. The molecule has 0 bridgehead atoms. The number of aromatic nitrogens is 1. The number of pyridine rings is 1. The maximum atomic E-state index is 13.1. The summed E-state index contributed by atoms with van der Waals surface area (Å²) in [5.41, 5.74) is 2.29. The van der Waals surface area contributed by atoms with E-state index in [1.807, 2.05) is 4.90 Å². The molecule has 1 fully saturated rings. The van der Waals surface area contributed by atoms with Crippen molar-refractivity contribution < 1.29 is 32.6 Å². The van der Waals surface area contributed by atoms with E-state index in [0.29, 0.717) is 33.5 Å². The fourth-order valence-electron chi connectivity index (χ4n) is 4.44. The number of hydrogen-bond donors (Lipinski definition) is 2. The third-order valence-corrected chi connectivity index (χ3v) is 6.51. The third-order valence-electron chi connectivity index (χ3n) is 6.51. The van der Waals surface area contributed by atoms with Crippen LogP contribution in [0.2, 0.25) is 0 Å². The van der Waals surface area contributed by atoms with Crippen molar-refractivity contribution in [1.82, 2.24) is 10.3 Å². The second-order valence-electron chi connectivity index (χ2n) is 8.87. The predicted molar refractivity (Wildman–Crippen MR) is 129 cm³/mol. The molecule has 2 aromatic carbocycles. The van der Waals surface area contributed by atoms with E-state index < -0.39 is 30.0 Å². The smallest absolute Gasteiger partial charge is 0.391 e. The van der Waals surface area contributed by atoms with Crippen LogP contribution < -0.4 is 15.0 Å². The molecule has 0 unspecified atom stereocenters. The molecule has 2 N–H and O–H groups in total. The van der Waals surface area contributed by atoms with Crippen LogP contribution in [0.4, 0.5) is 18.9 Å². The molecule has 4 rings (SSSR count). The third kappa shape index (κ3) is 5.37. The molecule has 0 aliphatic carbocycles. The molecule has 1 aliphatic rings. The zero-order valence-electron chi connectivity index (χ0n) is 19.8. The lowest BCUT2D eigenvalue weighted by molar-refractivity contribution is -0.179. The van der Waals surface area contributed by atoms with Crippen LogP contribution in [0.15, 0.2) is 48.7 Å². The van der Waals surface area contributed by atoms with Crippen molar-refractivity contribution in [2.75, 3.05) is 25.1 Å². The largest absolute Gasteiger partial charge is 0.497 e. The molecule has 1 amide bonds. The number of amides is 1. The SMILES string of the molecule is COc1cc(N2CCC(C(F)(F)F)CC2)c2ncc(C(=O)N[C@@H](C)c3cccc(C(=O)O)c3)cc2c1. The summed E-state index contributed by atoms with van der Waals surface area (Å²) in [4.78, 5) is 30.5. The van der Waals surface area contributed by atoms with Crippen molar-refractivity contribution in [2.24, 2.45) is 5.92 Å². The first-order valence-electron chi connectivity index (χ1n) is 11.5. The van der Waals surface area contributed by atoms with E-state index in [0.717, 1.165) is 0 Å². The lowest BCUT2D eigenvalue weighted by Crippen LogP contribution is -2.39. The molecular weight excluding hydrogens is 475 g/mol. The Bertz CT molecular complexity index is 1290. The Hall–Kier alpha value is -3.82. The van der Waals surface area contributed by atoms with Crippen molar-refractivity contribution in [3.8, 4) is 5.75 Å². The molecule has 10 heteroatoms. The number of carboxylic acids is 1. The number of aromatic carboxylic acids is 1. The van der Waals surface area contributed by atoms with E-state index in [1.165, 1.54) is 25.4 Å². The molecule has 1 atom stereocenters. The zero-order valence-corrected chi connectivity index (χ0v) is 19.8. The minimum absolute atomic E-state index is 0.00363. The van der Waals surface area contributed by atoms with Gasteiger partial charge in [-0.15, -0.1) is 0 Å². The van der Waals surface area contributed by atoms with E-state index in [2.05, 4.69) is 10.3 Å². The Morgan fingerprint density at radius 2 is 1.86 bits per heavy atom. The molecule has 0 spiro atoms. The predicted octanol–water partition coefficient (Wildman–Crippen LogP) is 5.21. The first-order valence-corrected chi connectivity index (χ1v) is 11.5. The number of carboxylic acid groups (broad SMARTS) is 1. The highest BCUT2D eigenvalue weighted by atomic mass is 19.4. The second kappa shape index (κ2) is 10.0. The zero-order chi connectivity index (χ0) is 26.0. The van der Waals surface area contributed by atoms with Crippen LogP contribution in [0.5, 0.6) is 5.75 Å². The van der Waals surface area contributed by atoms with Crippen molar-refractivity contribution in [3.63, 3.8) is 0 Å². The monoisotopic (exact) mass is 501 g/mol. The Morgan fingerprint density at radius 1 is 1.14 bits per heavy atom. The summed E-state index contributed by atoms with van der Waals surface area (Å²) in [6.45, 7) is 2.23. The van der Waals surface area contributed by atoms with Crippen LogP contribution in [0, 0.1) is 5.92 Å². The minimum Gasteiger partial charge on any atom is -0.497 e. The standard InChI is InChI=1S/C26H26F3N3O4/c1-15(16-4-3-5-17(10-16)25(34)35)31-24(33)19-11-18-12-21(36-2)13-22(23(18)30-14-19)32-8-6-20(7-9-32)26(27,28)29/h3-5,10-15,20H,6-9H2,1-2H3,(H,31,33)(H,34,35)/t15-/m0/s1. The topological polar surface area (TPSA) is 91.8 Å². The Morgan fingerprint density at radius 3 is 2.50 bits per heavy atom. The molecule has 1 aliphatic heterocycles. The van der Waals surface area contributed by atoms with Gasteiger partial charge in [0.1, 0.15) is 5.75 Å². The molecule has 2 heterocycles. The summed E-state index contributed by atoms with van der Waals surface area (Å²) in [5.74, 6) is -2.25.